The molecule has 0 aliphatic carbocycles. The summed E-state index contributed by atoms with van der Waals surface area (Å²) in [6.45, 7) is 7.24. The Labute approximate surface area is 113 Å². The van der Waals surface area contributed by atoms with Crippen LogP contribution in [0, 0.1) is 0 Å². The molecule has 0 bridgehead atoms. The molecule has 1 aromatic carbocycles. The van der Waals surface area contributed by atoms with Gasteiger partial charge in [-0.1, -0.05) is 30.3 Å². The Hall–Kier alpha value is -1.84. The zero-order valence-electron chi connectivity index (χ0n) is 11.8. The monoisotopic (exact) mass is 261 g/mol. The molecule has 1 heterocycles. The fraction of sp³-hybridized carbons (Fsp3) is 0.467. The van der Waals surface area contributed by atoms with E-state index in [2.05, 4.69) is 0 Å². The van der Waals surface area contributed by atoms with Gasteiger partial charge in [0.1, 0.15) is 5.60 Å². The highest BCUT2D eigenvalue weighted by atomic mass is 16.6. The molecule has 0 radical (unpaired) electrons. The average Bonchev–Trinajstić information content (AvgIpc) is 2.26. The molecule has 1 aliphatic heterocycles. The zero-order valence-corrected chi connectivity index (χ0v) is 11.8. The summed E-state index contributed by atoms with van der Waals surface area (Å²) < 4.78 is 5.30. The van der Waals surface area contributed by atoms with Gasteiger partial charge in [0.05, 0.1) is 12.0 Å². The van der Waals surface area contributed by atoms with Crippen LogP contribution < -0.4 is 0 Å². The van der Waals surface area contributed by atoms with Gasteiger partial charge in [0.2, 0.25) is 5.91 Å². The van der Waals surface area contributed by atoms with Crippen LogP contribution >= 0.6 is 0 Å². The average molecular weight is 261 g/mol. The van der Waals surface area contributed by atoms with E-state index in [1.54, 1.807) is 20.8 Å². The molecule has 2 amide bonds. The van der Waals surface area contributed by atoms with Crippen molar-refractivity contribution in [3.63, 3.8) is 0 Å². The first-order chi connectivity index (χ1) is 8.74. The van der Waals surface area contributed by atoms with Crippen LogP contribution in [0.15, 0.2) is 30.3 Å². The van der Waals surface area contributed by atoms with E-state index in [-0.39, 0.29) is 5.91 Å². The van der Waals surface area contributed by atoms with Crippen molar-refractivity contribution in [3.05, 3.63) is 35.9 Å². The summed E-state index contributed by atoms with van der Waals surface area (Å²) in [5, 5.41) is 0. The number of carbonyl (C=O) groups is 2. The van der Waals surface area contributed by atoms with Gasteiger partial charge in [0, 0.05) is 0 Å². The van der Waals surface area contributed by atoms with Gasteiger partial charge in [-0.25, -0.2) is 9.69 Å². The molecule has 1 aliphatic rings. The first-order valence-corrected chi connectivity index (χ1v) is 6.36. The van der Waals surface area contributed by atoms with E-state index in [0.717, 1.165) is 5.56 Å². The third kappa shape index (κ3) is 2.48. The molecule has 1 unspecified atom stereocenters. The third-order valence-corrected chi connectivity index (χ3v) is 3.21. The van der Waals surface area contributed by atoms with Crippen LogP contribution in [0.25, 0.3) is 0 Å². The molecule has 0 spiro atoms. The van der Waals surface area contributed by atoms with Crippen molar-refractivity contribution in [3.8, 4) is 0 Å². The first-order valence-electron chi connectivity index (χ1n) is 6.36. The largest absolute Gasteiger partial charge is 0.443 e. The van der Waals surface area contributed by atoms with E-state index in [0.29, 0.717) is 6.42 Å². The lowest BCUT2D eigenvalue weighted by molar-refractivity contribution is -0.153. The van der Waals surface area contributed by atoms with Gasteiger partial charge in [-0.15, -0.1) is 0 Å². The standard InChI is InChI=1S/C15H19NO3/c1-14(2,3)19-13(18)16-12(17)10-15(16,4)11-8-6-5-7-9-11/h5-9H,10H2,1-4H3. The smallest absolute Gasteiger partial charge is 0.417 e. The van der Waals surface area contributed by atoms with Gasteiger partial charge in [0.15, 0.2) is 0 Å². The molecular formula is C15H19NO3. The first kappa shape index (κ1) is 13.6. The van der Waals surface area contributed by atoms with Gasteiger partial charge < -0.3 is 4.74 Å². The molecule has 19 heavy (non-hydrogen) atoms. The lowest BCUT2D eigenvalue weighted by atomic mass is 9.80. The Morgan fingerprint density at radius 1 is 1.26 bits per heavy atom. The van der Waals surface area contributed by atoms with Crippen molar-refractivity contribution in [2.75, 3.05) is 0 Å². The normalized spacial score (nSPS) is 22.9. The van der Waals surface area contributed by atoms with Crippen LogP contribution in [-0.4, -0.2) is 22.5 Å². The number of rotatable bonds is 1. The van der Waals surface area contributed by atoms with Crippen LogP contribution in [0.4, 0.5) is 4.79 Å². The highest BCUT2D eigenvalue weighted by Crippen LogP contribution is 2.41. The summed E-state index contributed by atoms with van der Waals surface area (Å²) in [7, 11) is 0. The van der Waals surface area contributed by atoms with E-state index >= 15 is 0 Å². The number of ether oxygens (including phenoxy) is 1. The second kappa shape index (κ2) is 4.37. The third-order valence-electron chi connectivity index (χ3n) is 3.21. The Bertz CT molecular complexity index is 504. The minimum atomic E-state index is -0.607. The number of nitrogens with zero attached hydrogens (tertiary/aromatic N) is 1. The molecule has 2 rings (SSSR count). The lowest BCUT2D eigenvalue weighted by Gasteiger charge is -2.48. The van der Waals surface area contributed by atoms with Gasteiger partial charge in [-0.05, 0) is 33.3 Å². The second-order valence-electron chi connectivity index (χ2n) is 6.03. The number of amides is 2. The van der Waals surface area contributed by atoms with Crippen LogP contribution in [0.2, 0.25) is 0 Å². The molecule has 0 N–H and O–H groups in total. The fourth-order valence-electron chi connectivity index (χ4n) is 2.28. The van der Waals surface area contributed by atoms with Crippen molar-refractivity contribution in [1.82, 2.24) is 4.90 Å². The zero-order chi connectivity index (χ0) is 14.3. The number of imide groups is 1. The van der Waals surface area contributed by atoms with Crippen LogP contribution in [0.1, 0.15) is 39.7 Å². The maximum Gasteiger partial charge on any atom is 0.417 e. The number of likely N-dealkylation sites (tertiary alicyclic amines) is 1. The molecule has 0 aromatic heterocycles. The molecule has 1 aromatic rings. The van der Waals surface area contributed by atoms with Crippen molar-refractivity contribution in [2.45, 2.75) is 45.3 Å². The Morgan fingerprint density at radius 2 is 1.84 bits per heavy atom. The van der Waals surface area contributed by atoms with Crippen molar-refractivity contribution >= 4 is 12.0 Å². The lowest BCUT2D eigenvalue weighted by Crippen LogP contribution is -2.62. The maximum absolute atomic E-state index is 12.1. The summed E-state index contributed by atoms with van der Waals surface area (Å²) >= 11 is 0. The van der Waals surface area contributed by atoms with E-state index in [1.807, 2.05) is 37.3 Å². The number of hydrogen-bond acceptors (Lipinski definition) is 3. The second-order valence-corrected chi connectivity index (χ2v) is 6.03. The van der Waals surface area contributed by atoms with Crippen molar-refractivity contribution in [1.29, 1.82) is 0 Å². The summed E-state index contributed by atoms with van der Waals surface area (Å²) in [6, 6.07) is 9.55. The highest BCUT2D eigenvalue weighted by molar-refractivity contribution is 5.99. The summed E-state index contributed by atoms with van der Waals surface area (Å²) in [5.74, 6) is -0.194. The molecule has 102 valence electrons. The number of benzene rings is 1. The predicted molar refractivity (Wildman–Crippen MR) is 71.5 cm³/mol. The van der Waals surface area contributed by atoms with Crippen molar-refractivity contribution in [2.24, 2.45) is 0 Å². The fourth-order valence-corrected chi connectivity index (χ4v) is 2.28. The van der Waals surface area contributed by atoms with E-state index in [9.17, 15) is 9.59 Å². The minimum absolute atomic E-state index is 0.194. The molecule has 0 saturated carbocycles. The summed E-state index contributed by atoms with van der Waals surface area (Å²) in [6.07, 6.45) is -0.244. The van der Waals surface area contributed by atoms with E-state index in [4.69, 9.17) is 4.74 Å². The Balaban J connectivity index is 2.25. The van der Waals surface area contributed by atoms with Gasteiger partial charge in [-0.2, -0.15) is 0 Å². The van der Waals surface area contributed by atoms with Gasteiger partial charge >= 0.3 is 6.09 Å². The van der Waals surface area contributed by atoms with Gasteiger partial charge in [0.25, 0.3) is 0 Å². The maximum atomic E-state index is 12.1. The van der Waals surface area contributed by atoms with Crippen LogP contribution in [0.3, 0.4) is 0 Å². The molecule has 1 fully saturated rings. The number of carbonyl (C=O) groups excluding carboxylic acids is 2. The van der Waals surface area contributed by atoms with Crippen molar-refractivity contribution < 1.29 is 14.3 Å². The SMILES string of the molecule is CC(C)(C)OC(=O)N1C(=O)CC1(C)c1ccccc1. The predicted octanol–water partition coefficient (Wildman–Crippen LogP) is 3.07. The van der Waals surface area contributed by atoms with E-state index < -0.39 is 17.2 Å². The van der Waals surface area contributed by atoms with Crippen LogP contribution in [-0.2, 0) is 15.1 Å². The number of β-lactam (4-membered cyclic amide) rings is 1. The topological polar surface area (TPSA) is 46.6 Å². The summed E-state index contributed by atoms with van der Waals surface area (Å²) in [4.78, 5) is 25.1. The highest BCUT2D eigenvalue weighted by Gasteiger charge is 2.53. The quantitative estimate of drug-likeness (QED) is 0.730. The number of hydrogen-bond donors (Lipinski definition) is 0. The molecular weight excluding hydrogens is 242 g/mol. The van der Waals surface area contributed by atoms with E-state index in [1.165, 1.54) is 4.90 Å². The Kier molecular flexibility index (Phi) is 3.12. The van der Waals surface area contributed by atoms with Crippen LogP contribution in [0.5, 0.6) is 0 Å². The molecule has 1 atom stereocenters. The molecule has 4 heteroatoms. The molecule has 4 nitrogen and oxygen atoms in total. The minimum Gasteiger partial charge on any atom is -0.443 e. The summed E-state index contributed by atoms with van der Waals surface area (Å²) in [5.41, 5.74) is -0.258. The molecule has 1 saturated heterocycles. The Morgan fingerprint density at radius 3 is 2.32 bits per heavy atom. The van der Waals surface area contributed by atoms with Gasteiger partial charge in [-0.3, -0.25) is 4.79 Å².